The van der Waals surface area contributed by atoms with E-state index in [-0.39, 0.29) is 5.82 Å². The summed E-state index contributed by atoms with van der Waals surface area (Å²) in [6.45, 7) is 0. The molecule has 0 bridgehead atoms. The fourth-order valence-corrected chi connectivity index (χ4v) is 2.04. The van der Waals surface area contributed by atoms with E-state index in [9.17, 15) is 4.39 Å². The number of methoxy groups -OCH3 is 1. The standard InChI is InChI=1S/C16H13FN2O/c1-20-14-7-5-11(6-8-14)15-10-16(19-18-15)12-3-2-4-13(17)9-12/h2-10H,1H3,(H,18,19). The van der Waals surface area contributed by atoms with Crippen LogP contribution in [-0.4, -0.2) is 17.3 Å². The summed E-state index contributed by atoms with van der Waals surface area (Å²) in [5.41, 5.74) is 3.35. The van der Waals surface area contributed by atoms with Gasteiger partial charge in [-0.1, -0.05) is 12.1 Å². The molecule has 3 aromatic rings. The highest BCUT2D eigenvalue weighted by atomic mass is 19.1. The van der Waals surface area contributed by atoms with Crippen molar-refractivity contribution in [2.45, 2.75) is 0 Å². The molecule has 0 spiro atoms. The van der Waals surface area contributed by atoms with E-state index in [1.165, 1.54) is 12.1 Å². The maximum atomic E-state index is 13.2. The first kappa shape index (κ1) is 12.4. The van der Waals surface area contributed by atoms with E-state index in [0.29, 0.717) is 0 Å². The molecule has 2 aromatic carbocycles. The SMILES string of the molecule is COc1ccc(-c2cc(-c3cccc(F)c3)n[nH]2)cc1. The molecule has 0 radical (unpaired) electrons. The molecule has 1 heterocycles. The Morgan fingerprint density at radius 3 is 2.50 bits per heavy atom. The minimum atomic E-state index is -0.267. The van der Waals surface area contributed by atoms with Crippen LogP contribution in [0.25, 0.3) is 22.5 Å². The number of H-pyrrole nitrogens is 1. The lowest BCUT2D eigenvalue weighted by molar-refractivity contribution is 0.415. The van der Waals surface area contributed by atoms with Crippen LogP contribution in [-0.2, 0) is 0 Å². The first-order valence-corrected chi connectivity index (χ1v) is 6.22. The van der Waals surface area contributed by atoms with Crippen molar-refractivity contribution < 1.29 is 9.13 Å². The fraction of sp³-hybridized carbons (Fsp3) is 0.0625. The summed E-state index contributed by atoms with van der Waals surface area (Å²) in [5, 5.41) is 7.19. The quantitative estimate of drug-likeness (QED) is 0.782. The third-order valence-corrected chi connectivity index (χ3v) is 3.10. The molecule has 0 aliphatic rings. The number of nitrogens with zero attached hydrogens (tertiary/aromatic N) is 1. The van der Waals surface area contributed by atoms with Gasteiger partial charge in [-0.05, 0) is 48.0 Å². The summed E-state index contributed by atoms with van der Waals surface area (Å²) in [6, 6.07) is 16.0. The largest absolute Gasteiger partial charge is 0.497 e. The molecule has 1 N–H and O–H groups in total. The van der Waals surface area contributed by atoms with Gasteiger partial charge in [-0.15, -0.1) is 0 Å². The van der Waals surface area contributed by atoms with Gasteiger partial charge >= 0.3 is 0 Å². The van der Waals surface area contributed by atoms with Gasteiger partial charge in [-0.2, -0.15) is 5.10 Å². The molecule has 3 rings (SSSR count). The summed E-state index contributed by atoms with van der Waals surface area (Å²) < 4.78 is 18.3. The van der Waals surface area contributed by atoms with Crippen LogP contribution in [0.1, 0.15) is 0 Å². The predicted octanol–water partition coefficient (Wildman–Crippen LogP) is 3.89. The smallest absolute Gasteiger partial charge is 0.123 e. The number of ether oxygens (including phenoxy) is 1. The van der Waals surface area contributed by atoms with Gasteiger partial charge < -0.3 is 4.74 Å². The molecule has 0 atom stereocenters. The summed E-state index contributed by atoms with van der Waals surface area (Å²) >= 11 is 0. The van der Waals surface area contributed by atoms with Crippen molar-refractivity contribution in [2.24, 2.45) is 0 Å². The van der Waals surface area contributed by atoms with Crippen LogP contribution in [0, 0.1) is 5.82 Å². The van der Waals surface area contributed by atoms with Gasteiger partial charge in [0.05, 0.1) is 18.5 Å². The third kappa shape index (κ3) is 2.40. The minimum absolute atomic E-state index is 0.267. The van der Waals surface area contributed by atoms with E-state index in [2.05, 4.69) is 10.2 Å². The lowest BCUT2D eigenvalue weighted by atomic mass is 10.1. The van der Waals surface area contributed by atoms with Gasteiger partial charge in [0.1, 0.15) is 11.6 Å². The molecular formula is C16H13FN2O. The molecular weight excluding hydrogens is 255 g/mol. The van der Waals surface area contributed by atoms with E-state index in [1.807, 2.05) is 36.4 Å². The normalized spacial score (nSPS) is 10.5. The van der Waals surface area contributed by atoms with E-state index >= 15 is 0 Å². The Morgan fingerprint density at radius 1 is 1.00 bits per heavy atom. The Balaban J connectivity index is 1.93. The van der Waals surface area contributed by atoms with E-state index < -0.39 is 0 Å². The van der Waals surface area contributed by atoms with Crippen LogP contribution < -0.4 is 4.74 Å². The Bertz CT molecular complexity index is 719. The zero-order valence-corrected chi connectivity index (χ0v) is 10.9. The Morgan fingerprint density at radius 2 is 1.80 bits per heavy atom. The van der Waals surface area contributed by atoms with Crippen LogP contribution in [0.4, 0.5) is 4.39 Å². The number of hydrogen-bond acceptors (Lipinski definition) is 2. The molecule has 0 unspecified atom stereocenters. The Labute approximate surface area is 116 Å². The zero-order chi connectivity index (χ0) is 13.9. The van der Waals surface area contributed by atoms with Crippen molar-refractivity contribution in [1.82, 2.24) is 10.2 Å². The Kier molecular flexibility index (Phi) is 3.21. The Hall–Kier alpha value is -2.62. The highest BCUT2D eigenvalue weighted by Gasteiger charge is 2.06. The number of aromatic amines is 1. The van der Waals surface area contributed by atoms with Gasteiger partial charge in [-0.3, -0.25) is 5.10 Å². The van der Waals surface area contributed by atoms with Crippen LogP contribution >= 0.6 is 0 Å². The van der Waals surface area contributed by atoms with E-state index in [4.69, 9.17) is 4.74 Å². The molecule has 1 aromatic heterocycles. The molecule has 100 valence electrons. The average Bonchev–Trinajstić information content (AvgIpc) is 2.97. The first-order valence-electron chi connectivity index (χ1n) is 6.22. The maximum Gasteiger partial charge on any atom is 0.123 e. The van der Waals surface area contributed by atoms with E-state index in [1.54, 1.807) is 13.2 Å². The average molecular weight is 268 g/mol. The van der Waals surface area contributed by atoms with Gasteiger partial charge in [0.25, 0.3) is 0 Å². The summed E-state index contributed by atoms with van der Waals surface area (Å²) in [7, 11) is 1.63. The molecule has 0 aliphatic carbocycles. The van der Waals surface area contributed by atoms with Crippen LogP contribution in [0.3, 0.4) is 0 Å². The van der Waals surface area contributed by atoms with Crippen LogP contribution in [0.2, 0.25) is 0 Å². The van der Waals surface area contributed by atoms with Crippen molar-refractivity contribution in [3.05, 3.63) is 60.4 Å². The van der Waals surface area contributed by atoms with Gasteiger partial charge in [-0.25, -0.2) is 4.39 Å². The third-order valence-electron chi connectivity index (χ3n) is 3.10. The van der Waals surface area contributed by atoms with Crippen molar-refractivity contribution in [1.29, 1.82) is 0 Å². The molecule has 0 aliphatic heterocycles. The predicted molar refractivity (Wildman–Crippen MR) is 76.0 cm³/mol. The second-order valence-corrected chi connectivity index (χ2v) is 4.41. The van der Waals surface area contributed by atoms with Crippen LogP contribution in [0.15, 0.2) is 54.6 Å². The first-order chi connectivity index (χ1) is 9.76. The summed E-state index contributed by atoms with van der Waals surface area (Å²) in [5.74, 6) is 0.537. The second-order valence-electron chi connectivity index (χ2n) is 4.41. The van der Waals surface area contributed by atoms with Gasteiger partial charge in [0, 0.05) is 5.56 Å². The molecule has 4 heteroatoms. The van der Waals surface area contributed by atoms with Crippen molar-refractivity contribution in [3.63, 3.8) is 0 Å². The number of nitrogens with one attached hydrogen (secondary N) is 1. The van der Waals surface area contributed by atoms with Crippen molar-refractivity contribution in [3.8, 4) is 28.3 Å². The highest BCUT2D eigenvalue weighted by molar-refractivity contribution is 5.68. The molecule has 0 amide bonds. The lowest BCUT2D eigenvalue weighted by Gasteiger charge is -2.00. The van der Waals surface area contributed by atoms with Gasteiger partial charge in [0.2, 0.25) is 0 Å². The number of benzene rings is 2. The summed E-state index contributed by atoms with van der Waals surface area (Å²) in [4.78, 5) is 0. The molecule has 0 saturated carbocycles. The zero-order valence-electron chi connectivity index (χ0n) is 10.9. The fourth-order valence-electron chi connectivity index (χ4n) is 2.04. The highest BCUT2D eigenvalue weighted by Crippen LogP contribution is 2.25. The van der Waals surface area contributed by atoms with E-state index in [0.717, 1.165) is 28.3 Å². The molecule has 0 saturated heterocycles. The number of aromatic nitrogens is 2. The van der Waals surface area contributed by atoms with Gasteiger partial charge in [0.15, 0.2) is 0 Å². The molecule has 0 fully saturated rings. The molecule has 3 nitrogen and oxygen atoms in total. The van der Waals surface area contributed by atoms with Crippen molar-refractivity contribution in [2.75, 3.05) is 7.11 Å². The van der Waals surface area contributed by atoms with Crippen molar-refractivity contribution >= 4 is 0 Å². The minimum Gasteiger partial charge on any atom is -0.497 e. The lowest BCUT2D eigenvalue weighted by Crippen LogP contribution is -1.82. The monoisotopic (exact) mass is 268 g/mol. The topological polar surface area (TPSA) is 37.9 Å². The summed E-state index contributed by atoms with van der Waals surface area (Å²) in [6.07, 6.45) is 0. The second kappa shape index (κ2) is 5.17. The van der Waals surface area contributed by atoms with Crippen LogP contribution in [0.5, 0.6) is 5.75 Å². The number of halogens is 1. The molecule has 20 heavy (non-hydrogen) atoms. The number of rotatable bonds is 3. The maximum absolute atomic E-state index is 13.2. The number of hydrogen-bond donors (Lipinski definition) is 1.